The third-order valence-corrected chi connectivity index (χ3v) is 5.68. The molecule has 6 nitrogen and oxygen atoms in total. The summed E-state index contributed by atoms with van der Waals surface area (Å²) in [6.45, 7) is 3.48. The first-order valence-electron chi connectivity index (χ1n) is 9.86. The van der Waals surface area contributed by atoms with E-state index in [1.807, 2.05) is 0 Å². The largest absolute Gasteiger partial charge is 0.321 e. The highest BCUT2D eigenvalue weighted by molar-refractivity contribution is 6.31. The molecule has 164 valence electrons. The minimum absolute atomic E-state index is 0.211. The summed E-state index contributed by atoms with van der Waals surface area (Å²) in [6.07, 6.45) is -0.845. The molecule has 1 saturated carbocycles. The molecule has 1 aliphatic rings. The number of nitrogens with zero attached hydrogens (tertiary/aromatic N) is 4. The number of halogens is 4. The molecule has 0 aliphatic heterocycles. The lowest BCUT2D eigenvalue weighted by molar-refractivity contribution is -0.117. The van der Waals surface area contributed by atoms with Gasteiger partial charge in [-0.15, -0.1) is 0 Å². The first kappa shape index (κ1) is 21.4. The van der Waals surface area contributed by atoms with E-state index in [-0.39, 0.29) is 23.2 Å². The second kappa shape index (κ2) is 8.37. The third kappa shape index (κ3) is 4.61. The van der Waals surface area contributed by atoms with Gasteiger partial charge in [0.1, 0.15) is 18.1 Å². The van der Waals surface area contributed by atoms with E-state index in [2.05, 4.69) is 15.5 Å². The summed E-state index contributed by atoms with van der Waals surface area (Å²) in [7, 11) is 0. The average Bonchev–Trinajstić information content (AvgIpc) is 3.41. The van der Waals surface area contributed by atoms with Gasteiger partial charge in [-0.05, 0) is 50.5 Å². The summed E-state index contributed by atoms with van der Waals surface area (Å²) in [4.78, 5) is 12.6. The van der Waals surface area contributed by atoms with Crippen molar-refractivity contribution >= 4 is 23.2 Å². The van der Waals surface area contributed by atoms with Crippen LogP contribution in [0.2, 0.25) is 5.02 Å². The number of aryl methyl sites for hydroxylation is 1. The van der Waals surface area contributed by atoms with E-state index in [4.69, 9.17) is 11.6 Å². The highest BCUT2D eigenvalue weighted by atomic mass is 35.5. The van der Waals surface area contributed by atoms with Crippen molar-refractivity contribution in [1.29, 1.82) is 0 Å². The van der Waals surface area contributed by atoms with Crippen molar-refractivity contribution in [3.8, 4) is 0 Å². The van der Waals surface area contributed by atoms with Crippen LogP contribution < -0.4 is 5.32 Å². The standard InChI is InChI=1S/C21H21ClF3N5O/c1-11-20(12(2)29(27-11)9-14-5-6-15(23)7-16(14)22)26-19(31)10-30-18(21(24)25)8-17(28-30)13-3-4-13/h5-8,13,21H,3-4,9-10H2,1-2H3,(H,26,31). The molecule has 1 amide bonds. The summed E-state index contributed by atoms with van der Waals surface area (Å²) in [5.74, 6) is -0.692. The fourth-order valence-electron chi connectivity index (χ4n) is 3.49. The smallest absolute Gasteiger partial charge is 0.280 e. The number of carbonyl (C=O) groups excluding carboxylic acids is 1. The van der Waals surface area contributed by atoms with Gasteiger partial charge in [0, 0.05) is 10.9 Å². The second-order valence-corrected chi connectivity index (χ2v) is 8.12. The van der Waals surface area contributed by atoms with Gasteiger partial charge in [0.15, 0.2) is 0 Å². The number of nitrogens with one attached hydrogen (secondary N) is 1. The van der Waals surface area contributed by atoms with Crippen LogP contribution >= 0.6 is 11.6 Å². The van der Waals surface area contributed by atoms with E-state index in [9.17, 15) is 18.0 Å². The molecule has 0 atom stereocenters. The van der Waals surface area contributed by atoms with Crippen LogP contribution in [0.3, 0.4) is 0 Å². The molecule has 0 saturated heterocycles. The molecule has 2 aromatic heterocycles. The Morgan fingerprint density at radius 2 is 1.97 bits per heavy atom. The topological polar surface area (TPSA) is 64.7 Å². The maximum absolute atomic E-state index is 13.4. The molecule has 2 heterocycles. The molecule has 10 heteroatoms. The molecule has 4 rings (SSSR count). The number of hydrogen-bond acceptors (Lipinski definition) is 3. The van der Waals surface area contributed by atoms with Crippen LogP contribution in [0.5, 0.6) is 0 Å². The molecule has 31 heavy (non-hydrogen) atoms. The summed E-state index contributed by atoms with van der Waals surface area (Å²) < 4.78 is 42.7. The van der Waals surface area contributed by atoms with E-state index >= 15 is 0 Å². The molecular weight excluding hydrogens is 431 g/mol. The summed E-state index contributed by atoms with van der Waals surface area (Å²) in [5, 5.41) is 11.7. The molecule has 1 fully saturated rings. The average molecular weight is 452 g/mol. The zero-order valence-electron chi connectivity index (χ0n) is 17.0. The lowest BCUT2D eigenvalue weighted by Crippen LogP contribution is -2.21. The van der Waals surface area contributed by atoms with Crippen LogP contribution in [-0.4, -0.2) is 25.5 Å². The maximum atomic E-state index is 13.4. The van der Waals surface area contributed by atoms with Gasteiger partial charge in [-0.3, -0.25) is 14.2 Å². The number of aromatic nitrogens is 4. The normalized spacial score (nSPS) is 13.8. The van der Waals surface area contributed by atoms with Gasteiger partial charge in [-0.25, -0.2) is 13.2 Å². The van der Waals surface area contributed by atoms with Crippen molar-refractivity contribution in [3.05, 3.63) is 63.4 Å². The fraction of sp³-hybridized carbons (Fsp3) is 0.381. The molecule has 1 aliphatic carbocycles. The monoisotopic (exact) mass is 451 g/mol. The number of hydrogen-bond donors (Lipinski definition) is 1. The Kier molecular flexibility index (Phi) is 5.79. The lowest BCUT2D eigenvalue weighted by Gasteiger charge is -2.10. The van der Waals surface area contributed by atoms with Crippen molar-refractivity contribution in [2.24, 2.45) is 0 Å². The Bertz CT molecular complexity index is 1140. The van der Waals surface area contributed by atoms with Gasteiger partial charge in [-0.2, -0.15) is 10.2 Å². The zero-order chi connectivity index (χ0) is 22.3. The van der Waals surface area contributed by atoms with Crippen LogP contribution in [0.25, 0.3) is 0 Å². The third-order valence-electron chi connectivity index (χ3n) is 5.32. The Morgan fingerprint density at radius 1 is 1.23 bits per heavy atom. The lowest BCUT2D eigenvalue weighted by atomic mass is 10.2. The minimum atomic E-state index is -2.71. The van der Waals surface area contributed by atoms with Gasteiger partial charge in [0.2, 0.25) is 5.91 Å². The van der Waals surface area contributed by atoms with Crippen molar-refractivity contribution < 1.29 is 18.0 Å². The highest BCUT2D eigenvalue weighted by Crippen LogP contribution is 2.40. The second-order valence-electron chi connectivity index (χ2n) is 7.71. The van der Waals surface area contributed by atoms with E-state index in [0.717, 1.165) is 17.5 Å². The van der Waals surface area contributed by atoms with E-state index in [1.165, 1.54) is 18.2 Å². The molecule has 0 spiro atoms. The van der Waals surface area contributed by atoms with Crippen LogP contribution in [0.1, 0.15) is 53.5 Å². The first-order chi connectivity index (χ1) is 14.7. The van der Waals surface area contributed by atoms with E-state index in [1.54, 1.807) is 24.6 Å². The van der Waals surface area contributed by atoms with E-state index in [0.29, 0.717) is 34.9 Å². The Morgan fingerprint density at radius 3 is 2.61 bits per heavy atom. The van der Waals surface area contributed by atoms with Gasteiger partial charge >= 0.3 is 0 Å². The van der Waals surface area contributed by atoms with Gasteiger partial charge < -0.3 is 5.32 Å². The quantitative estimate of drug-likeness (QED) is 0.550. The predicted molar refractivity (Wildman–Crippen MR) is 110 cm³/mol. The number of carbonyl (C=O) groups is 1. The van der Waals surface area contributed by atoms with Crippen molar-refractivity contribution in [3.63, 3.8) is 0 Å². The molecule has 0 radical (unpaired) electrons. The summed E-state index contributed by atoms with van der Waals surface area (Å²) >= 11 is 6.10. The van der Waals surface area contributed by atoms with Gasteiger partial charge in [-0.1, -0.05) is 17.7 Å². The van der Waals surface area contributed by atoms with Crippen LogP contribution in [0.15, 0.2) is 24.3 Å². The van der Waals surface area contributed by atoms with Gasteiger partial charge in [0.25, 0.3) is 6.43 Å². The SMILES string of the molecule is Cc1nn(Cc2ccc(F)cc2Cl)c(C)c1NC(=O)Cn1nc(C2CC2)cc1C(F)F. The van der Waals surface area contributed by atoms with Crippen molar-refractivity contribution in [2.45, 2.75) is 52.1 Å². The Balaban J connectivity index is 1.50. The fourth-order valence-corrected chi connectivity index (χ4v) is 3.72. The number of benzene rings is 1. The van der Waals surface area contributed by atoms with Crippen molar-refractivity contribution in [1.82, 2.24) is 19.6 Å². The number of alkyl halides is 2. The summed E-state index contributed by atoms with van der Waals surface area (Å²) in [6, 6.07) is 5.51. The minimum Gasteiger partial charge on any atom is -0.321 e. The van der Waals surface area contributed by atoms with Crippen LogP contribution in [0.4, 0.5) is 18.9 Å². The van der Waals surface area contributed by atoms with Gasteiger partial charge in [0.05, 0.1) is 29.3 Å². The summed E-state index contributed by atoms with van der Waals surface area (Å²) in [5.41, 5.74) is 2.76. The molecule has 1 aromatic carbocycles. The van der Waals surface area contributed by atoms with Crippen molar-refractivity contribution in [2.75, 3.05) is 5.32 Å². The Labute approximate surface area is 182 Å². The van der Waals surface area contributed by atoms with Crippen LogP contribution in [0, 0.1) is 19.7 Å². The highest BCUT2D eigenvalue weighted by Gasteiger charge is 2.29. The maximum Gasteiger partial charge on any atom is 0.280 e. The predicted octanol–water partition coefficient (Wildman–Crippen LogP) is 4.99. The Hall–Kier alpha value is -2.81. The van der Waals surface area contributed by atoms with Crippen LogP contribution in [-0.2, 0) is 17.9 Å². The molecule has 0 unspecified atom stereocenters. The molecule has 0 bridgehead atoms. The molecular formula is C21H21ClF3N5O. The first-order valence-corrected chi connectivity index (χ1v) is 10.2. The zero-order valence-corrected chi connectivity index (χ0v) is 17.8. The number of anilines is 1. The van der Waals surface area contributed by atoms with E-state index < -0.39 is 18.1 Å². The number of rotatable bonds is 7. The molecule has 3 aromatic rings. The number of amides is 1. The molecule has 1 N–H and O–H groups in total.